The fourth-order valence-electron chi connectivity index (χ4n) is 1.32. The van der Waals surface area contributed by atoms with Crippen LogP contribution in [0.25, 0.3) is 0 Å². The summed E-state index contributed by atoms with van der Waals surface area (Å²) in [6.45, 7) is 0.539. The maximum Gasteiger partial charge on any atom is 0.279 e. The van der Waals surface area contributed by atoms with Gasteiger partial charge in [0.2, 0.25) is 0 Å². The third-order valence-electron chi connectivity index (χ3n) is 2.12. The lowest BCUT2D eigenvalue weighted by molar-refractivity contribution is 0.101. The minimum absolute atomic E-state index is 0.168. The van der Waals surface area contributed by atoms with Gasteiger partial charge in [0.25, 0.3) is 5.91 Å². The van der Waals surface area contributed by atoms with E-state index >= 15 is 0 Å². The Balaban J connectivity index is 2.01. The number of carbonyl (C=O) groups excluding carboxylic acids is 1. The fraction of sp³-hybridized carbons (Fsp3) is 0.250. The molecule has 0 aliphatic heterocycles. The van der Waals surface area contributed by atoms with Crippen LogP contribution in [-0.2, 0) is 11.3 Å². The molecule has 3 N–H and O–H groups in total. The van der Waals surface area contributed by atoms with Crippen molar-refractivity contribution in [1.29, 1.82) is 0 Å². The molecule has 0 fully saturated rings. The summed E-state index contributed by atoms with van der Waals surface area (Å²) < 4.78 is 9.81. The second-order valence-electron chi connectivity index (χ2n) is 3.60. The van der Waals surface area contributed by atoms with Crippen molar-refractivity contribution < 1.29 is 14.1 Å². The Morgan fingerprint density at radius 3 is 3.25 bits per heavy atom. The first kappa shape index (κ1) is 14.2. The van der Waals surface area contributed by atoms with E-state index in [9.17, 15) is 4.79 Å². The largest absolute Gasteiger partial charge is 0.377 e. The fourth-order valence-corrected chi connectivity index (χ4v) is 2.01. The molecule has 0 radical (unpaired) electrons. The summed E-state index contributed by atoms with van der Waals surface area (Å²) in [5.74, 6) is 5.63. The average molecular weight is 292 g/mol. The second-order valence-corrected chi connectivity index (χ2v) is 4.63. The Morgan fingerprint density at radius 2 is 2.50 bits per heavy atom. The van der Waals surface area contributed by atoms with Gasteiger partial charge in [-0.3, -0.25) is 10.1 Å². The molecule has 104 valence electrons. The molecule has 0 saturated carbocycles. The smallest absolute Gasteiger partial charge is 0.279 e. The van der Waals surface area contributed by atoms with E-state index in [1.54, 1.807) is 6.20 Å². The Labute approximate surface area is 119 Å². The molecule has 2 heterocycles. The molecule has 2 rings (SSSR count). The predicted octanol–water partition coefficient (Wildman–Crippen LogP) is 0.840. The standard InChI is InChI=1S/C12H12N4O3S/c1-18-7-8-5-10(16-19-8)11(17)15-12-14-6-9(20-12)3-2-4-13/h5-6H,4,7,13H2,1H3,(H,14,15,17). The van der Waals surface area contributed by atoms with Crippen LogP contribution in [0.15, 0.2) is 16.8 Å². The topological polar surface area (TPSA) is 103 Å². The number of amides is 1. The van der Waals surface area contributed by atoms with Crippen LogP contribution in [0.2, 0.25) is 0 Å². The van der Waals surface area contributed by atoms with Crippen LogP contribution in [-0.4, -0.2) is 29.7 Å². The Morgan fingerprint density at radius 1 is 1.65 bits per heavy atom. The van der Waals surface area contributed by atoms with Crippen LogP contribution in [0.4, 0.5) is 5.13 Å². The van der Waals surface area contributed by atoms with Crippen molar-refractivity contribution in [3.05, 3.63) is 28.6 Å². The molecule has 0 aromatic carbocycles. The zero-order chi connectivity index (χ0) is 14.4. The van der Waals surface area contributed by atoms with Gasteiger partial charge < -0.3 is 15.0 Å². The molecule has 0 spiro atoms. The molecule has 2 aromatic heterocycles. The molecule has 20 heavy (non-hydrogen) atoms. The van der Waals surface area contributed by atoms with E-state index in [1.165, 1.54) is 24.5 Å². The predicted molar refractivity (Wildman–Crippen MR) is 73.2 cm³/mol. The lowest BCUT2D eigenvalue weighted by Gasteiger charge is -1.95. The van der Waals surface area contributed by atoms with Crippen LogP contribution in [0, 0.1) is 11.8 Å². The Bertz CT molecular complexity index is 653. The number of methoxy groups -OCH3 is 1. The lowest BCUT2D eigenvalue weighted by atomic mass is 10.3. The highest BCUT2D eigenvalue weighted by atomic mass is 32.1. The first-order chi connectivity index (χ1) is 9.72. The molecular formula is C12H12N4O3S. The second kappa shape index (κ2) is 6.81. The van der Waals surface area contributed by atoms with E-state index in [1.807, 2.05) is 0 Å². The number of carbonyl (C=O) groups is 1. The van der Waals surface area contributed by atoms with Crippen molar-refractivity contribution in [3.8, 4) is 11.8 Å². The summed E-state index contributed by atoms with van der Waals surface area (Å²) in [7, 11) is 1.53. The van der Waals surface area contributed by atoms with E-state index in [0.717, 1.165) is 4.88 Å². The zero-order valence-electron chi connectivity index (χ0n) is 10.7. The first-order valence-corrected chi connectivity index (χ1v) is 6.45. The normalized spacial score (nSPS) is 9.90. The molecule has 0 aliphatic rings. The van der Waals surface area contributed by atoms with Crippen LogP contribution in [0.3, 0.4) is 0 Å². The van der Waals surface area contributed by atoms with Crippen molar-refractivity contribution in [1.82, 2.24) is 10.1 Å². The van der Waals surface area contributed by atoms with Gasteiger partial charge in [0.1, 0.15) is 6.61 Å². The van der Waals surface area contributed by atoms with E-state index in [-0.39, 0.29) is 18.8 Å². The molecule has 1 amide bonds. The third-order valence-corrected chi connectivity index (χ3v) is 2.95. The molecule has 0 saturated heterocycles. The van der Waals surface area contributed by atoms with Crippen LogP contribution < -0.4 is 11.1 Å². The average Bonchev–Trinajstić information content (AvgIpc) is 3.06. The first-order valence-electron chi connectivity index (χ1n) is 5.63. The Hall–Kier alpha value is -2.21. The van der Waals surface area contributed by atoms with E-state index in [4.69, 9.17) is 15.0 Å². The van der Waals surface area contributed by atoms with Gasteiger partial charge in [0.15, 0.2) is 16.6 Å². The van der Waals surface area contributed by atoms with Gasteiger partial charge in [0, 0.05) is 13.2 Å². The van der Waals surface area contributed by atoms with Gasteiger partial charge in [-0.2, -0.15) is 0 Å². The molecular weight excluding hydrogens is 280 g/mol. The van der Waals surface area contributed by atoms with Gasteiger partial charge in [-0.25, -0.2) is 4.98 Å². The number of hydrogen-bond donors (Lipinski definition) is 2. The van der Waals surface area contributed by atoms with E-state index in [0.29, 0.717) is 10.9 Å². The number of anilines is 1. The highest BCUT2D eigenvalue weighted by Gasteiger charge is 2.14. The molecule has 7 nitrogen and oxygen atoms in total. The van der Waals surface area contributed by atoms with Crippen LogP contribution >= 0.6 is 11.3 Å². The van der Waals surface area contributed by atoms with Gasteiger partial charge in [-0.1, -0.05) is 28.3 Å². The highest BCUT2D eigenvalue weighted by Crippen LogP contribution is 2.18. The minimum atomic E-state index is -0.399. The third kappa shape index (κ3) is 3.64. The van der Waals surface area contributed by atoms with Crippen LogP contribution in [0.5, 0.6) is 0 Å². The Kier molecular flexibility index (Phi) is 4.84. The quantitative estimate of drug-likeness (QED) is 0.809. The van der Waals surface area contributed by atoms with Crippen molar-refractivity contribution in [3.63, 3.8) is 0 Å². The summed E-state index contributed by atoms with van der Waals surface area (Å²) in [6.07, 6.45) is 1.57. The van der Waals surface area contributed by atoms with E-state index in [2.05, 4.69) is 27.3 Å². The van der Waals surface area contributed by atoms with Crippen molar-refractivity contribution >= 4 is 22.4 Å². The maximum atomic E-state index is 11.9. The van der Waals surface area contributed by atoms with Gasteiger partial charge in [0.05, 0.1) is 17.6 Å². The number of nitrogens with zero attached hydrogens (tertiary/aromatic N) is 2. The number of nitrogens with one attached hydrogen (secondary N) is 1. The zero-order valence-corrected chi connectivity index (χ0v) is 11.5. The summed E-state index contributed by atoms with van der Waals surface area (Å²) >= 11 is 1.26. The summed E-state index contributed by atoms with van der Waals surface area (Å²) in [5, 5.41) is 6.71. The SMILES string of the molecule is COCc1cc(C(=O)Nc2ncc(C#CCN)s2)no1. The number of hydrogen-bond acceptors (Lipinski definition) is 7. The number of thiazole rings is 1. The molecule has 0 atom stereocenters. The molecule has 8 heteroatoms. The number of aromatic nitrogens is 2. The number of ether oxygens (including phenoxy) is 1. The van der Waals surface area contributed by atoms with Gasteiger partial charge in [-0.15, -0.1) is 0 Å². The van der Waals surface area contributed by atoms with Crippen LogP contribution in [0.1, 0.15) is 21.1 Å². The van der Waals surface area contributed by atoms with Crippen molar-refractivity contribution in [2.24, 2.45) is 5.73 Å². The molecule has 0 bridgehead atoms. The summed E-state index contributed by atoms with van der Waals surface area (Å²) in [5.41, 5.74) is 5.45. The number of nitrogens with two attached hydrogens (primary N) is 1. The minimum Gasteiger partial charge on any atom is -0.377 e. The molecule has 2 aromatic rings. The monoisotopic (exact) mass is 292 g/mol. The van der Waals surface area contributed by atoms with Gasteiger partial charge in [-0.05, 0) is 0 Å². The van der Waals surface area contributed by atoms with Crippen molar-refractivity contribution in [2.45, 2.75) is 6.61 Å². The molecule has 0 aliphatic carbocycles. The highest BCUT2D eigenvalue weighted by molar-refractivity contribution is 7.16. The lowest BCUT2D eigenvalue weighted by Crippen LogP contribution is -2.11. The summed E-state index contributed by atoms with van der Waals surface area (Å²) in [6, 6.07) is 1.52. The maximum absolute atomic E-state index is 11.9. The van der Waals surface area contributed by atoms with Crippen molar-refractivity contribution in [2.75, 3.05) is 19.0 Å². The number of rotatable bonds is 4. The van der Waals surface area contributed by atoms with Gasteiger partial charge >= 0.3 is 0 Å². The summed E-state index contributed by atoms with van der Waals surface area (Å²) in [4.78, 5) is 16.7. The molecule has 0 unspecified atom stereocenters. The van der Waals surface area contributed by atoms with E-state index < -0.39 is 5.91 Å².